The van der Waals surface area contributed by atoms with Gasteiger partial charge >= 0.3 is 0 Å². The number of benzene rings is 2. The van der Waals surface area contributed by atoms with Crippen LogP contribution in [-0.4, -0.2) is 19.6 Å². The van der Waals surface area contributed by atoms with Crippen LogP contribution in [0.15, 0.2) is 41.4 Å². The topological polar surface area (TPSA) is 40.0 Å². The fraction of sp³-hybridized carbons (Fsp3) is 0.316. The fourth-order valence-corrected chi connectivity index (χ4v) is 2.41. The molecule has 2 aromatic carbocycles. The Morgan fingerprint density at radius 2 is 1.83 bits per heavy atom. The van der Waals surface area contributed by atoms with Crippen molar-refractivity contribution in [2.45, 2.75) is 26.7 Å². The third-order valence-corrected chi connectivity index (χ3v) is 3.72. The van der Waals surface area contributed by atoms with E-state index in [0.29, 0.717) is 18.3 Å². The van der Waals surface area contributed by atoms with Crippen LogP contribution in [-0.2, 0) is 0 Å². The Kier molecular flexibility index (Phi) is 4.51. The monoisotopic (exact) mass is 311 g/mol. The molecule has 0 saturated heterocycles. The van der Waals surface area contributed by atoms with E-state index in [0.717, 1.165) is 22.7 Å². The van der Waals surface area contributed by atoms with Gasteiger partial charge in [-0.25, -0.2) is 0 Å². The van der Waals surface area contributed by atoms with Crippen LogP contribution < -0.4 is 14.2 Å². The quantitative estimate of drug-likeness (QED) is 0.752. The molecule has 4 heteroatoms. The molecule has 0 aliphatic carbocycles. The van der Waals surface area contributed by atoms with Crippen LogP contribution >= 0.6 is 0 Å². The Hall–Kier alpha value is -2.49. The summed E-state index contributed by atoms with van der Waals surface area (Å²) in [6.07, 6.45) is 1.80. The summed E-state index contributed by atoms with van der Waals surface area (Å²) in [6, 6.07) is 12.0. The number of aliphatic imine (C=N–C) groups is 1. The average Bonchev–Trinajstić information content (AvgIpc) is 3.00. The van der Waals surface area contributed by atoms with E-state index in [9.17, 15) is 0 Å². The van der Waals surface area contributed by atoms with Crippen molar-refractivity contribution >= 4 is 11.9 Å². The summed E-state index contributed by atoms with van der Waals surface area (Å²) in [6.45, 7) is 7.15. The molecule has 1 heterocycles. The predicted octanol–water partition coefficient (Wildman–Crippen LogP) is 4.69. The lowest BCUT2D eigenvalue weighted by molar-refractivity contribution is 0.174. The molecule has 0 radical (unpaired) electrons. The van der Waals surface area contributed by atoms with Gasteiger partial charge in [0.1, 0.15) is 5.75 Å². The lowest BCUT2D eigenvalue weighted by Gasteiger charge is -2.08. The van der Waals surface area contributed by atoms with E-state index >= 15 is 0 Å². The van der Waals surface area contributed by atoms with E-state index in [4.69, 9.17) is 14.2 Å². The van der Waals surface area contributed by atoms with Crippen LogP contribution in [0.1, 0.15) is 37.8 Å². The predicted molar refractivity (Wildman–Crippen MR) is 91.5 cm³/mol. The van der Waals surface area contributed by atoms with E-state index in [1.54, 1.807) is 6.21 Å². The minimum atomic E-state index is 0.248. The SMILES string of the molecule is CCOc1cc2c(cc1C=Nc1ccc(C(C)C)cc1)OCO2. The molecule has 0 amide bonds. The van der Waals surface area contributed by atoms with Crippen LogP contribution in [0.4, 0.5) is 5.69 Å². The zero-order chi connectivity index (χ0) is 16.2. The van der Waals surface area contributed by atoms with E-state index in [1.807, 2.05) is 31.2 Å². The standard InChI is InChI=1S/C19H21NO3/c1-4-21-17-10-19-18(22-12-23-19)9-15(17)11-20-16-7-5-14(6-8-16)13(2)3/h5-11,13H,4,12H2,1-3H3. The first-order valence-electron chi connectivity index (χ1n) is 7.88. The van der Waals surface area contributed by atoms with Gasteiger partial charge in [0.05, 0.1) is 12.3 Å². The van der Waals surface area contributed by atoms with Crippen molar-refractivity contribution in [1.82, 2.24) is 0 Å². The first kappa shape index (κ1) is 15.4. The van der Waals surface area contributed by atoms with Crippen LogP contribution in [0.3, 0.4) is 0 Å². The number of hydrogen-bond acceptors (Lipinski definition) is 4. The van der Waals surface area contributed by atoms with Crippen LogP contribution in [0, 0.1) is 0 Å². The molecular weight excluding hydrogens is 290 g/mol. The van der Waals surface area contributed by atoms with Crippen molar-refractivity contribution in [3.8, 4) is 17.2 Å². The molecule has 0 spiro atoms. The Morgan fingerprint density at radius 1 is 1.13 bits per heavy atom. The minimum Gasteiger partial charge on any atom is -0.493 e. The van der Waals surface area contributed by atoms with Gasteiger partial charge in [-0.05, 0) is 36.6 Å². The Morgan fingerprint density at radius 3 is 2.48 bits per heavy atom. The summed E-state index contributed by atoms with van der Waals surface area (Å²) in [4.78, 5) is 4.54. The lowest BCUT2D eigenvalue weighted by atomic mass is 10.0. The van der Waals surface area contributed by atoms with Crippen molar-refractivity contribution < 1.29 is 14.2 Å². The second-order valence-corrected chi connectivity index (χ2v) is 5.68. The van der Waals surface area contributed by atoms with Gasteiger partial charge in [-0.1, -0.05) is 26.0 Å². The van der Waals surface area contributed by atoms with Gasteiger partial charge in [0, 0.05) is 17.8 Å². The third-order valence-electron chi connectivity index (χ3n) is 3.72. The number of hydrogen-bond donors (Lipinski definition) is 0. The summed E-state index contributed by atoms with van der Waals surface area (Å²) >= 11 is 0. The molecule has 0 unspecified atom stereocenters. The average molecular weight is 311 g/mol. The molecule has 0 atom stereocenters. The molecule has 1 aliphatic rings. The molecule has 2 aromatic rings. The summed E-state index contributed by atoms with van der Waals surface area (Å²) in [5.41, 5.74) is 3.10. The van der Waals surface area contributed by atoms with E-state index in [1.165, 1.54) is 5.56 Å². The summed E-state index contributed by atoms with van der Waals surface area (Å²) < 4.78 is 16.5. The van der Waals surface area contributed by atoms with Crippen LogP contribution in [0.25, 0.3) is 0 Å². The van der Waals surface area contributed by atoms with Crippen LogP contribution in [0.2, 0.25) is 0 Å². The highest BCUT2D eigenvalue weighted by Crippen LogP contribution is 2.37. The summed E-state index contributed by atoms with van der Waals surface area (Å²) in [5, 5.41) is 0. The largest absolute Gasteiger partial charge is 0.493 e. The Labute approximate surface area is 136 Å². The van der Waals surface area contributed by atoms with Crippen molar-refractivity contribution in [1.29, 1.82) is 0 Å². The molecule has 3 rings (SSSR count). The van der Waals surface area contributed by atoms with Crippen molar-refractivity contribution in [2.75, 3.05) is 13.4 Å². The van der Waals surface area contributed by atoms with Crippen molar-refractivity contribution in [3.63, 3.8) is 0 Å². The number of rotatable bonds is 5. The fourth-order valence-electron chi connectivity index (χ4n) is 2.41. The van der Waals surface area contributed by atoms with E-state index in [-0.39, 0.29) is 6.79 Å². The summed E-state index contributed by atoms with van der Waals surface area (Å²) in [7, 11) is 0. The molecule has 0 bridgehead atoms. The van der Waals surface area contributed by atoms with Gasteiger partial charge in [0.2, 0.25) is 6.79 Å². The number of nitrogens with zero attached hydrogens (tertiary/aromatic N) is 1. The lowest BCUT2D eigenvalue weighted by Crippen LogP contribution is -1.96. The maximum atomic E-state index is 5.67. The Bertz CT molecular complexity index is 705. The van der Waals surface area contributed by atoms with Gasteiger partial charge in [0.25, 0.3) is 0 Å². The van der Waals surface area contributed by atoms with Crippen molar-refractivity contribution in [2.24, 2.45) is 4.99 Å². The molecule has 0 saturated carbocycles. The second-order valence-electron chi connectivity index (χ2n) is 5.68. The molecule has 0 N–H and O–H groups in total. The minimum absolute atomic E-state index is 0.248. The maximum Gasteiger partial charge on any atom is 0.231 e. The van der Waals surface area contributed by atoms with Gasteiger partial charge in [0.15, 0.2) is 11.5 Å². The first-order valence-corrected chi connectivity index (χ1v) is 7.88. The smallest absolute Gasteiger partial charge is 0.231 e. The van der Waals surface area contributed by atoms with Crippen LogP contribution in [0.5, 0.6) is 17.2 Å². The molecule has 0 fully saturated rings. The zero-order valence-corrected chi connectivity index (χ0v) is 13.7. The maximum absolute atomic E-state index is 5.67. The molecule has 0 aromatic heterocycles. The molecule has 4 nitrogen and oxygen atoms in total. The molecular formula is C19H21NO3. The normalized spacial score (nSPS) is 13.0. The highest BCUT2D eigenvalue weighted by atomic mass is 16.7. The van der Waals surface area contributed by atoms with E-state index < -0.39 is 0 Å². The number of ether oxygens (including phenoxy) is 3. The molecule has 1 aliphatic heterocycles. The Balaban J connectivity index is 1.86. The van der Waals surface area contributed by atoms with Gasteiger partial charge in [-0.3, -0.25) is 4.99 Å². The number of fused-ring (bicyclic) bond motifs is 1. The summed E-state index contributed by atoms with van der Waals surface area (Å²) in [5.74, 6) is 2.71. The zero-order valence-electron chi connectivity index (χ0n) is 13.7. The highest BCUT2D eigenvalue weighted by Gasteiger charge is 2.17. The van der Waals surface area contributed by atoms with Gasteiger partial charge < -0.3 is 14.2 Å². The van der Waals surface area contributed by atoms with Gasteiger partial charge in [-0.15, -0.1) is 0 Å². The van der Waals surface area contributed by atoms with Crippen molar-refractivity contribution in [3.05, 3.63) is 47.5 Å². The molecule has 23 heavy (non-hydrogen) atoms. The second kappa shape index (κ2) is 6.73. The highest BCUT2D eigenvalue weighted by molar-refractivity contribution is 5.87. The molecule has 120 valence electrons. The third kappa shape index (κ3) is 3.47. The van der Waals surface area contributed by atoms with E-state index in [2.05, 4.69) is 31.0 Å². The van der Waals surface area contributed by atoms with Gasteiger partial charge in [-0.2, -0.15) is 0 Å². The first-order chi connectivity index (χ1) is 11.2.